The van der Waals surface area contributed by atoms with Gasteiger partial charge < -0.3 is 15.7 Å². The Morgan fingerprint density at radius 1 is 1.24 bits per heavy atom. The first kappa shape index (κ1) is 18.2. The van der Waals surface area contributed by atoms with Crippen LogP contribution < -0.4 is 10.6 Å². The molecular formula is C20H32N4O. The Hall–Kier alpha value is -1.59. The molecule has 1 heterocycles. The van der Waals surface area contributed by atoms with E-state index in [2.05, 4.69) is 57.8 Å². The van der Waals surface area contributed by atoms with Gasteiger partial charge in [-0.3, -0.25) is 9.89 Å². The maximum absolute atomic E-state index is 10.2. The first-order valence-electron chi connectivity index (χ1n) is 9.71. The number of aliphatic imine (C=N–C) groups is 1. The summed E-state index contributed by atoms with van der Waals surface area (Å²) in [4.78, 5) is 7.16. The number of hydrogen-bond acceptors (Lipinski definition) is 3. The summed E-state index contributed by atoms with van der Waals surface area (Å²) in [6.07, 6.45) is 5.36. The van der Waals surface area contributed by atoms with Crippen LogP contribution in [0.4, 0.5) is 0 Å². The van der Waals surface area contributed by atoms with Crippen LogP contribution in [0.2, 0.25) is 0 Å². The fourth-order valence-electron chi connectivity index (χ4n) is 3.68. The lowest BCUT2D eigenvalue weighted by Gasteiger charge is -2.35. The smallest absolute Gasteiger partial charge is 0.191 e. The number of guanidine groups is 1. The highest BCUT2D eigenvalue weighted by Crippen LogP contribution is 2.31. The number of likely N-dealkylation sites (tertiary alicyclic amines) is 1. The molecule has 138 valence electrons. The first-order valence-corrected chi connectivity index (χ1v) is 9.71. The van der Waals surface area contributed by atoms with Crippen molar-refractivity contribution in [3.63, 3.8) is 0 Å². The third-order valence-electron chi connectivity index (χ3n) is 5.39. The molecular weight excluding hydrogens is 312 g/mol. The van der Waals surface area contributed by atoms with E-state index in [0.29, 0.717) is 12.6 Å². The fraction of sp³-hybridized carbons (Fsp3) is 0.650. The summed E-state index contributed by atoms with van der Waals surface area (Å²) in [6, 6.07) is 11.2. The molecule has 1 atom stereocenters. The van der Waals surface area contributed by atoms with Crippen LogP contribution in [0.5, 0.6) is 0 Å². The van der Waals surface area contributed by atoms with Crippen LogP contribution >= 0.6 is 0 Å². The van der Waals surface area contributed by atoms with Gasteiger partial charge in [0.25, 0.3) is 0 Å². The molecule has 0 radical (unpaired) electrons. The van der Waals surface area contributed by atoms with Crippen molar-refractivity contribution in [1.29, 1.82) is 0 Å². The van der Waals surface area contributed by atoms with Crippen molar-refractivity contribution in [3.8, 4) is 0 Å². The van der Waals surface area contributed by atoms with E-state index in [1.165, 1.54) is 18.4 Å². The van der Waals surface area contributed by atoms with Gasteiger partial charge in [-0.05, 0) is 51.1 Å². The molecule has 2 fully saturated rings. The Labute approximate surface area is 151 Å². The molecule has 1 aromatic carbocycles. The summed E-state index contributed by atoms with van der Waals surface area (Å²) >= 11 is 0. The Morgan fingerprint density at radius 3 is 2.72 bits per heavy atom. The Morgan fingerprint density at radius 2 is 2.04 bits per heavy atom. The quantitative estimate of drug-likeness (QED) is 0.524. The summed E-state index contributed by atoms with van der Waals surface area (Å²) in [6.45, 7) is 6.49. The molecule has 0 amide bonds. The first-order chi connectivity index (χ1) is 12.2. The third kappa shape index (κ3) is 5.19. The molecule has 3 rings (SSSR count). The maximum Gasteiger partial charge on any atom is 0.191 e. The highest BCUT2D eigenvalue weighted by atomic mass is 16.3. The van der Waals surface area contributed by atoms with Crippen LogP contribution in [0.25, 0.3) is 0 Å². The lowest BCUT2D eigenvalue weighted by molar-refractivity contribution is -0.0236. The SMILES string of the molecule is CCNC(=NCC1(O)CCC1)NCC1CCCN1Cc1ccccc1. The predicted octanol–water partition coefficient (Wildman–Crippen LogP) is 2.12. The van der Waals surface area contributed by atoms with Crippen molar-refractivity contribution in [1.82, 2.24) is 15.5 Å². The molecule has 25 heavy (non-hydrogen) atoms. The zero-order valence-corrected chi connectivity index (χ0v) is 15.4. The molecule has 1 aliphatic carbocycles. The van der Waals surface area contributed by atoms with Gasteiger partial charge in [0.15, 0.2) is 5.96 Å². The lowest BCUT2D eigenvalue weighted by Crippen LogP contribution is -2.46. The Kier molecular flexibility index (Phi) is 6.32. The molecule has 0 bridgehead atoms. The van der Waals surface area contributed by atoms with E-state index in [0.717, 1.165) is 51.4 Å². The van der Waals surface area contributed by atoms with E-state index < -0.39 is 5.60 Å². The summed E-state index contributed by atoms with van der Waals surface area (Å²) < 4.78 is 0. The molecule has 1 unspecified atom stereocenters. The highest BCUT2D eigenvalue weighted by molar-refractivity contribution is 5.79. The van der Waals surface area contributed by atoms with E-state index in [1.54, 1.807) is 0 Å². The van der Waals surface area contributed by atoms with Gasteiger partial charge in [-0.25, -0.2) is 0 Å². The van der Waals surface area contributed by atoms with Crippen LogP contribution in [0, 0.1) is 0 Å². The summed E-state index contributed by atoms with van der Waals surface area (Å²) in [5.41, 5.74) is 0.817. The monoisotopic (exact) mass is 344 g/mol. The molecule has 3 N–H and O–H groups in total. The number of nitrogens with zero attached hydrogens (tertiary/aromatic N) is 2. The van der Waals surface area contributed by atoms with E-state index in [-0.39, 0.29) is 0 Å². The number of rotatable bonds is 7. The average molecular weight is 345 g/mol. The van der Waals surface area contributed by atoms with Crippen LogP contribution in [0.15, 0.2) is 35.3 Å². The van der Waals surface area contributed by atoms with E-state index in [1.807, 2.05) is 0 Å². The van der Waals surface area contributed by atoms with Crippen molar-refractivity contribution in [2.24, 2.45) is 4.99 Å². The number of aliphatic hydroxyl groups is 1. The second-order valence-electron chi connectivity index (χ2n) is 7.41. The summed E-state index contributed by atoms with van der Waals surface area (Å²) in [5, 5.41) is 17.0. The van der Waals surface area contributed by atoms with Crippen LogP contribution in [-0.4, -0.2) is 53.8 Å². The molecule has 1 saturated carbocycles. The van der Waals surface area contributed by atoms with Gasteiger partial charge in [0.05, 0.1) is 12.1 Å². The molecule has 0 aromatic heterocycles. The van der Waals surface area contributed by atoms with Gasteiger partial charge in [0.2, 0.25) is 0 Å². The maximum atomic E-state index is 10.2. The molecule has 1 saturated heterocycles. The molecule has 1 aliphatic heterocycles. The number of benzene rings is 1. The predicted molar refractivity (Wildman–Crippen MR) is 103 cm³/mol. The highest BCUT2D eigenvalue weighted by Gasteiger charge is 2.34. The fourth-order valence-corrected chi connectivity index (χ4v) is 3.68. The summed E-state index contributed by atoms with van der Waals surface area (Å²) in [5.74, 6) is 0.828. The van der Waals surface area contributed by atoms with Crippen molar-refractivity contribution >= 4 is 5.96 Å². The molecule has 2 aliphatic rings. The number of nitrogens with one attached hydrogen (secondary N) is 2. The molecule has 5 heteroatoms. The van der Waals surface area contributed by atoms with Crippen molar-refractivity contribution < 1.29 is 5.11 Å². The second kappa shape index (κ2) is 8.68. The van der Waals surface area contributed by atoms with E-state index in [4.69, 9.17) is 0 Å². The van der Waals surface area contributed by atoms with Crippen molar-refractivity contribution in [3.05, 3.63) is 35.9 Å². The average Bonchev–Trinajstić information content (AvgIpc) is 3.03. The van der Waals surface area contributed by atoms with Crippen molar-refractivity contribution in [2.75, 3.05) is 26.2 Å². The number of hydrogen-bond donors (Lipinski definition) is 3. The van der Waals surface area contributed by atoms with E-state index in [9.17, 15) is 5.11 Å². The molecule has 1 aromatic rings. The standard InChI is InChI=1S/C20H32N4O/c1-2-21-19(23-16-20(25)11-7-12-20)22-14-18-10-6-13-24(18)15-17-8-4-3-5-9-17/h3-5,8-9,18,25H,2,6-7,10-16H2,1H3,(H2,21,22,23). The third-order valence-corrected chi connectivity index (χ3v) is 5.39. The lowest BCUT2D eigenvalue weighted by atomic mass is 9.80. The van der Waals surface area contributed by atoms with Gasteiger partial charge in [-0.2, -0.15) is 0 Å². The zero-order valence-electron chi connectivity index (χ0n) is 15.4. The van der Waals surface area contributed by atoms with Crippen LogP contribution in [0.1, 0.15) is 44.6 Å². The van der Waals surface area contributed by atoms with Gasteiger partial charge in [0, 0.05) is 25.7 Å². The topological polar surface area (TPSA) is 59.9 Å². The van der Waals surface area contributed by atoms with Crippen LogP contribution in [0.3, 0.4) is 0 Å². The minimum absolute atomic E-state index is 0.501. The largest absolute Gasteiger partial charge is 0.388 e. The molecule has 5 nitrogen and oxygen atoms in total. The van der Waals surface area contributed by atoms with Crippen molar-refractivity contribution in [2.45, 2.75) is 57.2 Å². The van der Waals surface area contributed by atoms with Gasteiger partial charge in [-0.15, -0.1) is 0 Å². The molecule has 0 spiro atoms. The van der Waals surface area contributed by atoms with Gasteiger partial charge in [-0.1, -0.05) is 30.3 Å². The summed E-state index contributed by atoms with van der Waals surface area (Å²) in [7, 11) is 0. The van der Waals surface area contributed by atoms with E-state index >= 15 is 0 Å². The normalized spacial score (nSPS) is 23.3. The van der Waals surface area contributed by atoms with Crippen LogP contribution in [-0.2, 0) is 6.54 Å². The Balaban J connectivity index is 1.51. The minimum Gasteiger partial charge on any atom is -0.388 e. The Bertz CT molecular complexity index is 556. The van der Waals surface area contributed by atoms with Gasteiger partial charge >= 0.3 is 0 Å². The minimum atomic E-state index is -0.560. The van der Waals surface area contributed by atoms with Gasteiger partial charge in [0.1, 0.15) is 0 Å². The second-order valence-corrected chi connectivity index (χ2v) is 7.41. The zero-order chi connectivity index (χ0) is 17.5.